The van der Waals surface area contributed by atoms with E-state index in [1.54, 1.807) is 25.7 Å². The molecular weight excluding hydrogens is 392 g/mol. The molecule has 0 saturated heterocycles. The second-order valence-corrected chi connectivity index (χ2v) is 7.32. The monoisotopic (exact) mass is 418 g/mol. The largest absolute Gasteiger partial charge is 0.496 e. The van der Waals surface area contributed by atoms with Crippen LogP contribution >= 0.6 is 0 Å². The first-order chi connectivity index (χ1) is 15.2. The molecule has 0 unspecified atom stereocenters. The van der Waals surface area contributed by atoms with Gasteiger partial charge in [-0.05, 0) is 18.2 Å². The Hall–Kier alpha value is -3.58. The molecule has 1 atom stereocenters. The van der Waals surface area contributed by atoms with Crippen molar-refractivity contribution in [3.05, 3.63) is 84.0 Å². The molecule has 0 saturated carbocycles. The first kappa shape index (κ1) is 20.7. The summed E-state index contributed by atoms with van der Waals surface area (Å²) in [7, 11) is 1.67. The Morgan fingerprint density at radius 1 is 1.29 bits per heavy atom. The molecule has 0 spiro atoms. The Balaban J connectivity index is 1.43. The second-order valence-electron chi connectivity index (χ2n) is 7.32. The van der Waals surface area contributed by atoms with Crippen LogP contribution in [0, 0.1) is 0 Å². The molecule has 3 aromatic rings. The van der Waals surface area contributed by atoms with Gasteiger partial charge in [0.1, 0.15) is 17.6 Å². The van der Waals surface area contributed by atoms with E-state index in [1.165, 1.54) is 6.08 Å². The first-order valence-corrected chi connectivity index (χ1v) is 10.3. The Labute approximate surface area is 181 Å². The Morgan fingerprint density at radius 2 is 2.13 bits per heavy atom. The topological polar surface area (TPSA) is 79.5 Å². The van der Waals surface area contributed by atoms with Gasteiger partial charge in [0.2, 0.25) is 5.91 Å². The van der Waals surface area contributed by atoms with Gasteiger partial charge in [-0.15, -0.1) is 0 Å². The van der Waals surface area contributed by atoms with Gasteiger partial charge in [0.25, 0.3) is 0 Å². The van der Waals surface area contributed by atoms with Gasteiger partial charge in [-0.25, -0.2) is 4.98 Å². The van der Waals surface area contributed by atoms with Crippen LogP contribution in [0.2, 0.25) is 0 Å². The van der Waals surface area contributed by atoms with Crippen LogP contribution in [0.1, 0.15) is 22.9 Å². The van der Waals surface area contributed by atoms with Crippen molar-refractivity contribution in [2.45, 2.75) is 12.6 Å². The number of fused-ring (bicyclic) bond motifs is 1. The number of nitrogens with one attached hydrogen (secondary N) is 2. The van der Waals surface area contributed by atoms with Gasteiger partial charge in [-0.2, -0.15) is 0 Å². The van der Waals surface area contributed by atoms with Gasteiger partial charge in [-0.3, -0.25) is 9.69 Å². The van der Waals surface area contributed by atoms with Crippen LogP contribution in [0.15, 0.2) is 67.1 Å². The van der Waals surface area contributed by atoms with Gasteiger partial charge in [0.15, 0.2) is 0 Å². The number of rotatable bonds is 7. The average Bonchev–Trinajstić information content (AvgIpc) is 3.25. The van der Waals surface area contributed by atoms with Crippen molar-refractivity contribution in [3.63, 3.8) is 0 Å². The summed E-state index contributed by atoms with van der Waals surface area (Å²) in [6, 6.07) is 16.0. The number of hydrogen-bond donors (Lipinski definition) is 2. The standard InChI is InChI=1S/C24H26N4O3/c1-30-22-9-5-3-7-20(22)23-16-28(15-18-6-2-4-8-21(18)31-23)13-12-26-24(29)11-10-19-14-25-17-27-19/h2-11,14,17,23H,12-13,15-16H2,1H3,(H,25,27)(H,26,29)/b11-10+/t23-/m0/s1. The maximum Gasteiger partial charge on any atom is 0.244 e. The molecular formula is C24H26N4O3. The number of aromatic amines is 1. The number of hydrogen-bond acceptors (Lipinski definition) is 5. The van der Waals surface area contributed by atoms with Crippen LogP contribution in [0.3, 0.4) is 0 Å². The van der Waals surface area contributed by atoms with Crippen molar-refractivity contribution in [2.75, 3.05) is 26.7 Å². The minimum Gasteiger partial charge on any atom is -0.496 e. The molecule has 1 aliphatic heterocycles. The van der Waals surface area contributed by atoms with E-state index in [0.717, 1.165) is 34.9 Å². The van der Waals surface area contributed by atoms with Crippen molar-refractivity contribution in [1.82, 2.24) is 20.2 Å². The molecule has 0 bridgehead atoms. The van der Waals surface area contributed by atoms with Crippen molar-refractivity contribution < 1.29 is 14.3 Å². The minimum atomic E-state index is -0.171. The predicted molar refractivity (Wildman–Crippen MR) is 119 cm³/mol. The quantitative estimate of drug-likeness (QED) is 0.576. The number of aromatic nitrogens is 2. The Bertz CT molecular complexity index is 1030. The maximum absolute atomic E-state index is 12.1. The number of amides is 1. The van der Waals surface area contributed by atoms with Gasteiger partial charge < -0.3 is 19.8 Å². The third-order valence-electron chi connectivity index (χ3n) is 5.21. The number of carbonyl (C=O) groups is 1. The van der Waals surface area contributed by atoms with E-state index in [1.807, 2.05) is 42.5 Å². The lowest BCUT2D eigenvalue weighted by atomic mass is 10.1. The zero-order valence-electron chi connectivity index (χ0n) is 17.5. The molecule has 1 amide bonds. The lowest BCUT2D eigenvalue weighted by molar-refractivity contribution is -0.116. The fraction of sp³-hybridized carbons (Fsp3) is 0.250. The average molecular weight is 418 g/mol. The molecule has 7 heteroatoms. The van der Waals surface area contributed by atoms with Crippen LogP contribution in [0.5, 0.6) is 11.5 Å². The summed E-state index contributed by atoms with van der Waals surface area (Å²) in [5, 5.41) is 2.95. The van der Waals surface area contributed by atoms with E-state index in [4.69, 9.17) is 9.47 Å². The summed E-state index contributed by atoms with van der Waals surface area (Å²) < 4.78 is 12.0. The highest BCUT2D eigenvalue weighted by Gasteiger charge is 2.26. The number of benzene rings is 2. The van der Waals surface area contributed by atoms with Gasteiger partial charge >= 0.3 is 0 Å². The first-order valence-electron chi connectivity index (χ1n) is 10.3. The fourth-order valence-corrected chi connectivity index (χ4v) is 3.66. The van der Waals surface area contributed by atoms with Crippen molar-refractivity contribution in [2.24, 2.45) is 0 Å². The normalized spacial score (nSPS) is 16.4. The zero-order valence-corrected chi connectivity index (χ0v) is 17.5. The number of ether oxygens (including phenoxy) is 2. The summed E-state index contributed by atoms with van der Waals surface area (Å²) in [4.78, 5) is 21.3. The minimum absolute atomic E-state index is 0.137. The third-order valence-corrected chi connectivity index (χ3v) is 5.21. The lowest BCUT2D eigenvalue weighted by Crippen LogP contribution is -2.36. The van der Waals surface area contributed by atoms with Gasteiger partial charge in [0, 0.05) is 43.4 Å². The predicted octanol–water partition coefficient (Wildman–Crippen LogP) is 3.18. The van der Waals surface area contributed by atoms with Crippen LogP contribution in [-0.2, 0) is 11.3 Å². The molecule has 2 aromatic carbocycles. The van der Waals surface area contributed by atoms with E-state index in [2.05, 4.69) is 26.3 Å². The molecule has 31 heavy (non-hydrogen) atoms. The molecule has 0 aliphatic carbocycles. The van der Waals surface area contributed by atoms with Crippen LogP contribution < -0.4 is 14.8 Å². The Kier molecular flexibility index (Phi) is 6.64. The molecule has 1 aromatic heterocycles. The summed E-state index contributed by atoms with van der Waals surface area (Å²) in [6.07, 6.45) is 6.28. The maximum atomic E-state index is 12.1. The highest BCUT2D eigenvalue weighted by atomic mass is 16.5. The molecule has 7 nitrogen and oxygen atoms in total. The van der Waals surface area contributed by atoms with E-state index in [9.17, 15) is 4.79 Å². The van der Waals surface area contributed by atoms with Crippen LogP contribution in [0.25, 0.3) is 6.08 Å². The molecule has 4 rings (SSSR count). The number of carbonyl (C=O) groups excluding carboxylic acids is 1. The summed E-state index contributed by atoms with van der Waals surface area (Å²) in [5.74, 6) is 1.55. The number of H-pyrrole nitrogens is 1. The highest BCUT2D eigenvalue weighted by Crippen LogP contribution is 2.34. The highest BCUT2D eigenvalue weighted by molar-refractivity contribution is 5.91. The van der Waals surface area contributed by atoms with E-state index in [0.29, 0.717) is 19.6 Å². The molecule has 0 fully saturated rings. The molecule has 2 N–H and O–H groups in total. The molecule has 160 valence electrons. The lowest BCUT2D eigenvalue weighted by Gasteiger charge is -2.25. The summed E-state index contributed by atoms with van der Waals surface area (Å²) >= 11 is 0. The zero-order chi connectivity index (χ0) is 21.5. The fourth-order valence-electron chi connectivity index (χ4n) is 3.66. The smallest absolute Gasteiger partial charge is 0.244 e. The third kappa shape index (κ3) is 5.32. The molecule has 0 radical (unpaired) electrons. The second kappa shape index (κ2) is 9.95. The molecule has 2 heterocycles. The van der Waals surface area contributed by atoms with E-state index < -0.39 is 0 Å². The van der Waals surface area contributed by atoms with Crippen LogP contribution in [0.4, 0.5) is 0 Å². The SMILES string of the molecule is COc1ccccc1[C@@H]1CN(CCNC(=O)/C=C/c2cnc[nH]2)Cc2ccccc2O1. The van der Waals surface area contributed by atoms with E-state index >= 15 is 0 Å². The van der Waals surface area contributed by atoms with Crippen molar-refractivity contribution in [3.8, 4) is 11.5 Å². The Morgan fingerprint density at radius 3 is 2.97 bits per heavy atom. The van der Waals surface area contributed by atoms with Gasteiger partial charge in [-0.1, -0.05) is 36.4 Å². The number of nitrogens with zero attached hydrogens (tertiary/aromatic N) is 2. The molecule has 1 aliphatic rings. The summed E-state index contributed by atoms with van der Waals surface area (Å²) in [6.45, 7) is 2.68. The van der Waals surface area contributed by atoms with E-state index in [-0.39, 0.29) is 12.0 Å². The number of imidazole rings is 1. The summed E-state index contributed by atoms with van der Waals surface area (Å²) in [5.41, 5.74) is 2.93. The van der Waals surface area contributed by atoms with Crippen LogP contribution in [-0.4, -0.2) is 47.5 Å². The number of methoxy groups -OCH3 is 1. The van der Waals surface area contributed by atoms with Crippen molar-refractivity contribution in [1.29, 1.82) is 0 Å². The number of para-hydroxylation sites is 2. The van der Waals surface area contributed by atoms with Crippen molar-refractivity contribution >= 4 is 12.0 Å². The van der Waals surface area contributed by atoms with Gasteiger partial charge in [0.05, 0.1) is 25.3 Å².